The summed E-state index contributed by atoms with van der Waals surface area (Å²) in [6, 6.07) is 6.82. The molecule has 0 atom stereocenters. The number of nitrogens with one attached hydrogen (secondary N) is 1. The van der Waals surface area contributed by atoms with Crippen molar-refractivity contribution in [1.29, 1.82) is 0 Å². The number of rotatable bonds is 4. The lowest BCUT2D eigenvalue weighted by molar-refractivity contribution is 0.0958. The molecule has 0 aromatic heterocycles. The zero-order chi connectivity index (χ0) is 10.4. The van der Waals surface area contributed by atoms with Gasteiger partial charge in [0.05, 0.1) is 6.61 Å². The van der Waals surface area contributed by atoms with Crippen LogP contribution >= 0.6 is 0 Å². The maximum absolute atomic E-state index is 11.4. The summed E-state index contributed by atoms with van der Waals surface area (Å²) in [7, 11) is 0. The Balaban J connectivity index is 2.66. The number of hydrogen-bond donors (Lipinski definition) is 2. The zero-order valence-electron chi connectivity index (χ0n) is 7.86. The van der Waals surface area contributed by atoms with Crippen molar-refractivity contribution in [2.45, 2.75) is 6.61 Å². The first kappa shape index (κ1) is 10.5. The van der Waals surface area contributed by atoms with Crippen molar-refractivity contribution in [1.82, 2.24) is 5.32 Å². The predicted molar refractivity (Wildman–Crippen MR) is 54.9 cm³/mol. The summed E-state index contributed by atoms with van der Waals surface area (Å²) in [5.74, 6) is -0.130. The average molecular weight is 191 g/mol. The molecule has 2 N–H and O–H groups in total. The molecule has 14 heavy (non-hydrogen) atoms. The van der Waals surface area contributed by atoms with Crippen molar-refractivity contribution >= 4 is 5.91 Å². The molecule has 0 saturated heterocycles. The van der Waals surface area contributed by atoms with Gasteiger partial charge in [-0.05, 0) is 17.7 Å². The van der Waals surface area contributed by atoms with E-state index < -0.39 is 0 Å². The highest BCUT2D eigenvalue weighted by molar-refractivity contribution is 5.94. The van der Waals surface area contributed by atoms with Gasteiger partial charge in [0.15, 0.2) is 0 Å². The minimum absolute atomic E-state index is 0.00540. The third-order valence-corrected chi connectivity index (χ3v) is 1.81. The van der Waals surface area contributed by atoms with Crippen LogP contribution in [0.15, 0.2) is 36.9 Å². The van der Waals surface area contributed by atoms with E-state index in [1.807, 2.05) is 0 Å². The highest BCUT2D eigenvalue weighted by atomic mass is 16.3. The quantitative estimate of drug-likeness (QED) is 0.700. The Morgan fingerprint density at radius 2 is 2.07 bits per heavy atom. The highest BCUT2D eigenvalue weighted by Gasteiger charge is 2.02. The second kappa shape index (κ2) is 5.19. The van der Waals surface area contributed by atoms with Gasteiger partial charge in [-0.25, -0.2) is 0 Å². The van der Waals surface area contributed by atoms with Gasteiger partial charge in [-0.1, -0.05) is 18.2 Å². The number of carbonyl (C=O) groups is 1. The van der Waals surface area contributed by atoms with E-state index in [0.29, 0.717) is 12.1 Å². The van der Waals surface area contributed by atoms with Crippen molar-refractivity contribution in [3.63, 3.8) is 0 Å². The Hall–Kier alpha value is -1.61. The molecular formula is C11H13NO2. The van der Waals surface area contributed by atoms with E-state index >= 15 is 0 Å². The van der Waals surface area contributed by atoms with Crippen molar-refractivity contribution in [2.75, 3.05) is 6.54 Å². The van der Waals surface area contributed by atoms with Crippen LogP contribution in [0.2, 0.25) is 0 Å². The summed E-state index contributed by atoms with van der Waals surface area (Å²) in [5, 5.41) is 11.5. The second-order valence-electron chi connectivity index (χ2n) is 2.85. The Morgan fingerprint density at radius 1 is 1.43 bits per heavy atom. The molecule has 0 radical (unpaired) electrons. The molecule has 0 saturated carbocycles. The van der Waals surface area contributed by atoms with Gasteiger partial charge in [0, 0.05) is 12.1 Å². The van der Waals surface area contributed by atoms with E-state index in [1.165, 1.54) is 0 Å². The minimum atomic E-state index is -0.130. The topological polar surface area (TPSA) is 49.3 Å². The Labute approximate surface area is 83.1 Å². The largest absolute Gasteiger partial charge is 0.392 e. The Bertz CT molecular complexity index is 317. The van der Waals surface area contributed by atoms with Crippen LogP contribution in [0, 0.1) is 0 Å². The maximum atomic E-state index is 11.4. The standard InChI is InChI=1S/C11H13NO2/c1-2-7-12-11(14)10-5-3-9(8-13)4-6-10/h2-6,13H,1,7-8H2,(H,12,14). The molecule has 0 unspecified atom stereocenters. The molecule has 1 rings (SSSR count). The van der Waals surface area contributed by atoms with Gasteiger partial charge in [0.2, 0.25) is 0 Å². The smallest absolute Gasteiger partial charge is 0.251 e. The predicted octanol–water partition coefficient (Wildman–Crippen LogP) is 1.09. The van der Waals surface area contributed by atoms with Crippen LogP contribution in [-0.4, -0.2) is 17.6 Å². The third kappa shape index (κ3) is 2.71. The van der Waals surface area contributed by atoms with Gasteiger partial charge < -0.3 is 10.4 Å². The maximum Gasteiger partial charge on any atom is 0.251 e. The zero-order valence-corrected chi connectivity index (χ0v) is 7.86. The third-order valence-electron chi connectivity index (χ3n) is 1.81. The van der Waals surface area contributed by atoms with Crippen LogP contribution in [0.3, 0.4) is 0 Å². The van der Waals surface area contributed by atoms with E-state index in [2.05, 4.69) is 11.9 Å². The molecule has 0 bridgehead atoms. The number of carbonyl (C=O) groups excluding carboxylic acids is 1. The lowest BCUT2D eigenvalue weighted by Gasteiger charge is -2.02. The molecule has 0 aliphatic rings. The van der Waals surface area contributed by atoms with Crippen LogP contribution in [0.1, 0.15) is 15.9 Å². The molecule has 3 heteroatoms. The summed E-state index contributed by atoms with van der Waals surface area (Å²) in [4.78, 5) is 11.4. The summed E-state index contributed by atoms with van der Waals surface area (Å²) in [6.45, 7) is 3.96. The molecule has 0 spiro atoms. The molecule has 0 aliphatic heterocycles. The Kier molecular flexibility index (Phi) is 3.88. The van der Waals surface area contributed by atoms with Gasteiger partial charge in [0.1, 0.15) is 0 Å². The molecular weight excluding hydrogens is 178 g/mol. The van der Waals surface area contributed by atoms with E-state index in [1.54, 1.807) is 30.3 Å². The van der Waals surface area contributed by atoms with Crippen LogP contribution in [0.4, 0.5) is 0 Å². The second-order valence-corrected chi connectivity index (χ2v) is 2.85. The molecule has 1 amide bonds. The van der Waals surface area contributed by atoms with Crippen LogP contribution in [0.25, 0.3) is 0 Å². The first-order valence-corrected chi connectivity index (χ1v) is 4.37. The van der Waals surface area contributed by atoms with E-state index in [4.69, 9.17) is 5.11 Å². The van der Waals surface area contributed by atoms with Crippen molar-refractivity contribution in [3.8, 4) is 0 Å². The molecule has 3 nitrogen and oxygen atoms in total. The van der Waals surface area contributed by atoms with E-state index in [-0.39, 0.29) is 12.5 Å². The monoisotopic (exact) mass is 191 g/mol. The van der Waals surface area contributed by atoms with Crippen LogP contribution in [-0.2, 0) is 6.61 Å². The van der Waals surface area contributed by atoms with Gasteiger partial charge in [-0.3, -0.25) is 4.79 Å². The SMILES string of the molecule is C=CCNC(=O)c1ccc(CO)cc1. The van der Waals surface area contributed by atoms with Crippen molar-refractivity contribution in [3.05, 3.63) is 48.0 Å². The fourth-order valence-corrected chi connectivity index (χ4v) is 1.03. The number of amides is 1. The molecule has 1 aromatic rings. The summed E-state index contributed by atoms with van der Waals surface area (Å²) in [5.41, 5.74) is 1.38. The fourth-order valence-electron chi connectivity index (χ4n) is 1.03. The summed E-state index contributed by atoms with van der Waals surface area (Å²) >= 11 is 0. The van der Waals surface area contributed by atoms with Gasteiger partial charge in [0.25, 0.3) is 5.91 Å². The van der Waals surface area contributed by atoms with Gasteiger partial charge in [-0.15, -0.1) is 6.58 Å². The number of aliphatic hydroxyl groups excluding tert-OH is 1. The van der Waals surface area contributed by atoms with E-state index in [0.717, 1.165) is 5.56 Å². The number of hydrogen-bond acceptors (Lipinski definition) is 2. The lowest BCUT2D eigenvalue weighted by Crippen LogP contribution is -2.23. The normalized spacial score (nSPS) is 9.50. The van der Waals surface area contributed by atoms with E-state index in [9.17, 15) is 4.79 Å². The first-order valence-electron chi connectivity index (χ1n) is 4.37. The van der Waals surface area contributed by atoms with Gasteiger partial charge >= 0.3 is 0 Å². The molecule has 0 aliphatic carbocycles. The fraction of sp³-hybridized carbons (Fsp3) is 0.182. The highest BCUT2D eigenvalue weighted by Crippen LogP contribution is 2.03. The molecule has 1 aromatic carbocycles. The molecule has 74 valence electrons. The minimum Gasteiger partial charge on any atom is -0.392 e. The molecule has 0 heterocycles. The average Bonchev–Trinajstić information content (AvgIpc) is 2.26. The first-order chi connectivity index (χ1) is 6.77. The Morgan fingerprint density at radius 3 is 2.57 bits per heavy atom. The number of benzene rings is 1. The summed E-state index contributed by atoms with van der Waals surface area (Å²) < 4.78 is 0. The van der Waals surface area contributed by atoms with Crippen molar-refractivity contribution < 1.29 is 9.90 Å². The lowest BCUT2D eigenvalue weighted by atomic mass is 10.1. The van der Waals surface area contributed by atoms with Crippen molar-refractivity contribution in [2.24, 2.45) is 0 Å². The van der Waals surface area contributed by atoms with Gasteiger partial charge in [-0.2, -0.15) is 0 Å². The molecule has 0 fully saturated rings. The van der Waals surface area contributed by atoms with Crippen LogP contribution < -0.4 is 5.32 Å². The number of aliphatic hydroxyl groups is 1. The van der Waals surface area contributed by atoms with Crippen LogP contribution in [0.5, 0.6) is 0 Å². The summed E-state index contributed by atoms with van der Waals surface area (Å²) in [6.07, 6.45) is 1.62.